The molecule has 0 saturated carbocycles. The summed E-state index contributed by atoms with van der Waals surface area (Å²) < 4.78 is 36.4. The molecule has 0 fully saturated rings. The van der Waals surface area contributed by atoms with Crippen LogP contribution in [0.1, 0.15) is 31.1 Å². The first-order chi connectivity index (χ1) is 12.8. The van der Waals surface area contributed by atoms with Gasteiger partial charge in [0.05, 0.1) is 10.6 Å². The lowest BCUT2D eigenvalue weighted by Crippen LogP contribution is -2.09. The maximum absolute atomic E-state index is 12.2. The molecule has 0 radical (unpaired) electrons. The molecule has 7 heteroatoms. The maximum atomic E-state index is 12.2. The van der Waals surface area contributed by atoms with Crippen molar-refractivity contribution in [3.05, 3.63) is 69.9 Å². The van der Waals surface area contributed by atoms with E-state index < -0.39 is 21.9 Å². The number of hydrogen-bond acceptors (Lipinski definition) is 5. The summed E-state index contributed by atoms with van der Waals surface area (Å²) in [5, 5.41) is 0. The van der Waals surface area contributed by atoms with E-state index in [4.69, 9.17) is 9.47 Å². The van der Waals surface area contributed by atoms with Crippen molar-refractivity contribution < 1.29 is 22.7 Å². The van der Waals surface area contributed by atoms with Crippen LogP contribution in [-0.4, -0.2) is 20.1 Å². The van der Waals surface area contributed by atoms with Gasteiger partial charge < -0.3 is 9.47 Å². The second-order valence-electron chi connectivity index (χ2n) is 6.03. The first-order valence-electron chi connectivity index (χ1n) is 8.56. The van der Waals surface area contributed by atoms with Crippen molar-refractivity contribution in [2.24, 2.45) is 0 Å². The Labute approximate surface area is 167 Å². The van der Waals surface area contributed by atoms with Gasteiger partial charge in [-0.1, -0.05) is 35.8 Å². The van der Waals surface area contributed by atoms with E-state index in [-0.39, 0.29) is 16.4 Å². The van der Waals surface area contributed by atoms with Gasteiger partial charge in [0, 0.05) is 16.1 Å². The number of hydrogen-bond donors (Lipinski definition) is 0. The summed E-state index contributed by atoms with van der Waals surface area (Å²) in [5.41, 5.74) is 1.58. The molecule has 0 aromatic heterocycles. The highest BCUT2D eigenvalue weighted by molar-refractivity contribution is 9.10. The van der Waals surface area contributed by atoms with Crippen molar-refractivity contribution in [1.82, 2.24) is 0 Å². The van der Waals surface area contributed by atoms with E-state index in [0.717, 1.165) is 10.0 Å². The third-order valence-corrected chi connectivity index (χ3v) is 6.58. The predicted molar refractivity (Wildman–Crippen MR) is 105 cm³/mol. The van der Waals surface area contributed by atoms with Gasteiger partial charge in [-0.3, -0.25) is 0 Å². The highest BCUT2D eigenvalue weighted by Gasteiger charge is 2.31. The van der Waals surface area contributed by atoms with E-state index in [0.29, 0.717) is 17.7 Å². The van der Waals surface area contributed by atoms with Crippen LogP contribution in [0.15, 0.2) is 63.7 Å². The normalized spacial score (nSPS) is 16.8. The lowest BCUT2D eigenvalue weighted by Gasteiger charge is -2.14. The summed E-state index contributed by atoms with van der Waals surface area (Å²) in [4.78, 5) is 12.4. The SMILES string of the molecule is CCc1ccc(S(=O)(=O)CC)cc1[C@H]1C=C(Oc2ccc(Br)cc2)C(=O)O1. The Balaban J connectivity index is 1.94. The van der Waals surface area contributed by atoms with E-state index in [9.17, 15) is 13.2 Å². The largest absolute Gasteiger partial charge is 0.450 e. The fourth-order valence-corrected chi connectivity index (χ4v) is 3.97. The Kier molecular flexibility index (Phi) is 5.72. The molecule has 0 bridgehead atoms. The summed E-state index contributed by atoms with van der Waals surface area (Å²) in [5.74, 6) is 0.0396. The van der Waals surface area contributed by atoms with Crippen molar-refractivity contribution in [3.8, 4) is 5.75 Å². The number of rotatable bonds is 6. The minimum atomic E-state index is -3.35. The summed E-state index contributed by atoms with van der Waals surface area (Å²) in [6.45, 7) is 3.56. The number of esters is 1. The van der Waals surface area contributed by atoms with E-state index in [1.807, 2.05) is 19.1 Å². The number of sulfone groups is 1. The lowest BCUT2D eigenvalue weighted by atomic mass is 10.0. The van der Waals surface area contributed by atoms with Crippen LogP contribution in [0.5, 0.6) is 5.75 Å². The van der Waals surface area contributed by atoms with Gasteiger partial charge in [0.15, 0.2) is 9.84 Å². The monoisotopic (exact) mass is 450 g/mol. The number of benzene rings is 2. The molecule has 2 aromatic rings. The van der Waals surface area contributed by atoms with Crippen LogP contribution in [0.4, 0.5) is 0 Å². The number of cyclic esters (lactones) is 1. The predicted octanol–water partition coefficient (Wildman–Crippen LogP) is 4.37. The molecule has 0 aliphatic carbocycles. The van der Waals surface area contributed by atoms with Crippen LogP contribution in [0.25, 0.3) is 0 Å². The van der Waals surface area contributed by atoms with Crippen LogP contribution >= 0.6 is 15.9 Å². The van der Waals surface area contributed by atoms with Crippen molar-refractivity contribution in [2.45, 2.75) is 31.3 Å². The zero-order valence-electron chi connectivity index (χ0n) is 14.9. The number of carbonyl (C=O) groups is 1. The average molecular weight is 451 g/mol. The molecule has 0 saturated heterocycles. The molecule has 1 aliphatic rings. The molecule has 1 aliphatic heterocycles. The van der Waals surface area contributed by atoms with Crippen LogP contribution in [0, 0.1) is 0 Å². The Bertz CT molecular complexity index is 994. The molecule has 1 heterocycles. The number of halogens is 1. The Morgan fingerprint density at radius 3 is 2.44 bits per heavy atom. The molecule has 0 spiro atoms. The zero-order valence-corrected chi connectivity index (χ0v) is 17.3. The van der Waals surface area contributed by atoms with Gasteiger partial charge in [-0.25, -0.2) is 13.2 Å². The van der Waals surface area contributed by atoms with Gasteiger partial charge in [0.2, 0.25) is 5.76 Å². The van der Waals surface area contributed by atoms with Gasteiger partial charge in [-0.05, 0) is 48.4 Å². The lowest BCUT2D eigenvalue weighted by molar-refractivity contribution is -0.141. The smallest absolute Gasteiger partial charge is 0.375 e. The number of ether oxygens (including phenoxy) is 2. The molecule has 5 nitrogen and oxygen atoms in total. The topological polar surface area (TPSA) is 69.7 Å². The Morgan fingerprint density at radius 2 is 1.81 bits per heavy atom. The summed E-state index contributed by atoms with van der Waals surface area (Å²) in [6, 6.07) is 12.0. The van der Waals surface area contributed by atoms with E-state index in [1.165, 1.54) is 0 Å². The second kappa shape index (κ2) is 7.86. The molecule has 0 N–H and O–H groups in total. The summed E-state index contributed by atoms with van der Waals surface area (Å²) >= 11 is 3.34. The highest BCUT2D eigenvalue weighted by Crippen LogP contribution is 2.33. The minimum absolute atomic E-state index is 0.0101. The third kappa shape index (κ3) is 4.25. The maximum Gasteiger partial charge on any atom is 0.375 e. The third-order valence-electron chi connectivity index (χ3n) is 4.32. The van der Waals surface area contributed by atoms with Gasteiger partial charge in [0.25, 0.3) is 0 Å². The van der Waals surface area contributed by atoms with Gasteiger partial charge in [-0.15, -0.1) is 0 Å². The second-order valence-corrected chi connectivity index (χ2v) is 9.22. The highest BCUT2D eigenvalue weighted by atomic mass is 79.9. The molecule has 0 unspecified atom stereocenters. The van der Waals surface area contributed by atoms with Gasteiger partial charge in [-0.2, -0.15) is 0 Å². The standard InChI is InChI=1S/C20H19BrO5S/c1-3-13-5-10-16(27(23,24)4-2)11-17(13)18-12-19(20(22)26-18)25-15-8-6-14(21)7-9-15/h5-12,18H,3-4H2,1-2H3/t18-/m1/s1. The quantitative estimate of drug-likeness (QED) is 0.611. The van der Waals surface area contributed by atoms with Crippen molar-refractivity contribution in [2.75, 3.05) is 5.75 Å². The molecular weight excluding hydrogens is 432 g/mol. The fourth-order valence-electron chi connectivity index (χ4n) is 2.79. The summed E-state index contributed by atoms with van der Waals surface area (Å²) in [7, 11) is -3.35. The molecule has 2 aromatic carbocycles. The van der Waals surface area contributed by atoms with E-state index in [2.05, 4.69) is 15.9 Å². The van der Waals surface area contributed by atoms with Crippen molar-refractivity contribution in [1.29, 1.82) is 0 Å². The van der Waals surface area contributed by atoms with E-state index >= 15 is 0 Å². The molecular formula is C20H19BrO5S. The Morgan fingerprint density at radius 1 is 1.11 bits per heavy atom. The van der Waals surface area contributed by atoms with Crippen molar-refractivity contribution in [3.63, 3.8) is 0 Å². The van der Waals surface area contributed by atoms with Gasteiger partial charge in [0.1, 0.15) is 11.9 Å². The molecule has 27 heavy (non-hydrogen) atoms. The van der Waals surface area contributed by atoms with Crippen LogP contribution < -0.4 is 4.74 Å². The number of aryl methyl sites for hydroxylation is 1. The molecule has 142 valence electrons. The first-order valence-corrected chi connectivity index (χ1v) is 11.0. The first kappa shape index (κ1) is 19.6. The van der Waals surface area contributed by atoms with Gasteiger partial charge >= 0.3 is 5.97 Å². The molecule has 3 rings (SSSR count). The van der Waals surface area contributed by atoms with Crippen LogP contribution in [0.2, 0.25) is 0 Å². The summed E-state index contributed by atoms with van der Waals surface area (Å²) in [6.07, 6.45) is 1.60. The zero-order chi connectivity index (χ0) is 19.6. The Hall–Kier alpha value is -2.12. The van der Waals surface area contributed by atoms with E-state index in [1.54, 1.807) is 43.3 Å². The van der Waals surface area contributed by atoms with Crippen molar-refractivity contribution >= 4 is 31.7 Å². The van der Waals surface area contributed by atoms with Crippen LogP contribution in [0.3, 0.4) is 0 Å². The molecule has 1 atom stereocenters. The molecule has 0 amide bonds. The fraction of sp³-hybridized carbons (Fsp3) is 0.250. The van der Waals surface area contributed by atoms with Crippen LogP contribution in [-0.2, 0) is 25.8 Å². The minimum Gasteiger partial charge on any atom is -0.450 e. The number of carbonyl (C=O) groups excluding carboxylic acids is 1. The average Bonchev–Trinajstić information content (AvgIpc) is 3.03.